The molecule has 0 saturated carbocycles. The minimum absolute atomic E-state index is 0.00409. The fraction of sp³-hybridized carbons (Fsp3) is 0.200. The molecule has 0 bridgehead atoms. The lowest BCUT2D eigenvalue weighted by Gasteiger charge is -2.13. The first-order valence-electron chi connectivity index (χ1n) is 8.26. The molecule has 0 spiro atoms. The van der Waals surface area contributed by atoms with Gasteiger partial charge in [0.15, 0.2) is 11.5 Å². The summed E-state index contributed by atoms with van der Waals surface area (Å²) in [7, 11) is 0. The van der Waals surface area contributed by atoms with Crippen LogP contribution in [0, 0.1) is 17.1 Å². The zero-order chi connectivity index (χ0) is 19.8. The normalized spacial score (nSPS) is 10.9. The third-order valence-electron chi connectivity index (χ3n) is 3.45. The quantitative estimate of drug-likeness (QED) is 0.497. The van der Waals surface area contributed by atoms with Crippen LogP contribution in [0.5, 0.6) is 11.5 Å². The number of nitrogens with zero attached hydrogens (tertiary/aromatic N) is 1. The van der Waals surface area contributed by atoms with E-state index < -0.39 is 11.7 Å². The van der Waals surface area contributed by atoms with Gasteiger partial charge in [0.05, 0.1) is 18.9 Å². The van der Waals surface area contributed by atoms with Gasteiger partial charge in [-0.1, -0.05) is 28.1 Å². The predicted octanol–water partition coefficient (Wildman–Crippen LogP) is 4.93. The SMILES string of the molecule is CCOc1cc(Br)c(/C=C(/C#N)C(=O)Nc2ccccc2F)cc1OCC. The van der Waals surface area contributed by atoms with Crippen molar-refractivity contribution in [2.45, 2.75) is 13.8 Å². The topological polar surface area (TPSA) is 71.3 Å². The van der Waals surface area contributed by atoms with Gasteiger partial charge in [-0.25, -0.2) is 4.39 Å². The van der Waals surface area contributed by atoms with Crippen LogP contribution in [0.15, 0.2) is 46.4 Å². The van der Waals surface area contributed by atoms with Gasteiger partial charge < -0.3 is 14.8 Å². The predicted molar refractivity (Wildman–Crippen MR) is 105 cm³/mol. The van der Waals surface area contributed by atoms with E-state index in [0.717, 1.165) is 0 Å². The van der Waals surface area contributed by atoms with Crippen molar-refractivity contribution in [3.05, 3.63) is 57.8 Å². The van der Waals surface area contributed by atoms with Crippen LogP contribution in [0.2, 0.25) is 0 Å². The summed E-state index contributed by atoms with van der Waals surface area (Å²) in [6.45, 7) is 4.61. The fourth-order valence-corrected chi connectivity index (χ4v) is 2.69. The van der Waals surface area contributed by atoms with Crippen molar-refractivity contribution in [3.8, 4) is 17.6 Å². The van der Waals surface area contributed by atoms with Gasteiger partial charge in [-0.05, 0) is 49.8 Å². The number of hydrogen-bond donors (Lipinski definition) is 1. The maximum Gasteiger partial charge on any atom is 0.266 e. The highest BCUT2D eigenvalue weighted by atomic mass is 79.9. The monoisotopic (exact) mass is 432 g/mol. The maximum atomic E-state index is 13.7. The number of nitrogens with one attached hydrogen (secondary N) is 1. The van der Waals surface area contributed by atoms with Crippen LogP contribution >= 0.6 is 15.9 Å². The fourth-order valence-electron chi connectivity index (χ4n) is 2.25. The summed E-state index contributed by atoms with van der Waals surface area (Å²) < 4.78 is 25.4. The largest absolute Gasteiger partial charge is 0.490 e. The standard InChI is InChI=1S/C20H18BrFN2O3/c1-3-26-18-10-13(15(21)11-19(18)27-4-2)9-14(12-23)20(25)24-17-8-6-5-7-16(17)22/h5-11H,3-4H2,1-2H3,(H,24,25)/b14-9-. The first-order chi connectivity index (χ1) is 13.0. The van der Waals surface area contributed by atoms with Crippen LogP contribution in [0.3, 0.4) is 0 Å². The molecule has 0 saturated heterocycles. The molecule has 0 radical (unpaired) electrons. The van der Waals surface area contributed by atoms with Crippen LogP contribution in [0.1, 0.15) is 19.4 Å². The van der Waals surface area contributed by atoms with Crippen molar-refractivity contribution in [1.29, 1.82) is 5.26 Å². The number of rotatable bonds is 7. The molecule has 0 aliphatic rings. The third kappa shape index (κ3) is 5.31. The van der Waals surface area contributed by atoms with Gasteiger partial charge in [-0.2, -0.15) is 5.26 Å². The van der Waals surface area contributed by atoms with Crippen molar-refractivity contribution in [1.82, 2.24) is 0 Å². The van der Waals surface area contributed by atoms with E-state index in [1.165, 1.54) is 24.3 Å². The Kier molecular flexibility index (Phi) is 7.38. The average Bonchev–Trinajstić information content (AvgIpc) is 2.65. The molecule has 2 rings (SSSR count). The molecule has 0 fully saturated rings. The molecule has 27 heavy (non-hydrogen) atoms. The zero-order valence-electron chi connectivity index (χ0n) is 14.9. The number of para-hydroxylation sites is 1. The number of hydrogen-bond acceptors (Lipinski definition) is 4. The lowest BCUT2D eigenvalue weighted by atomic mass is 10.1. The molecular formula is C20H18BrFN2O3. The molecule has 2 aromatic rings. The smallest absolute Gasteiger partial charge is 0.266 e. The Labute approximate surface area is 165 Å². The van der Waals surface area contributed by atoms with E-state index in [0.29, 0.717) is 34.7 Å². The van der Waals surface area contributed by atoms with E-state index in [9.17, 15) is 14.4 Å². The first-order valence-corrected chi connectivity index (χ1v) is 9.06. The summed E-state index contributed by atoms with van der Waals surface area (Å²) in [6.07, 6.45) is 1.40. The highest BCUT2D eigenvalue weighted by molar-refractivity contribution is 9.10. The summed E-state index contributed by atoms with van der Waals surface area (Å²) in [5.74, 6) is -0.233. The number of carbonyl (C=O) groups excluding carboxylic acids is 1. The molecular weight excluding hydrogens is 415 g/mol. The molecule has 2 aromatic carbocycles. The average molecular weight is 433 g/mol. The first kappa shape index (κ1) is 20.5. The van der Waals surface area contributed by atoms with Gasteiger partial charge >= 0.3 is 0 Å². The zero-order valence-corrected chi connectivity index (χ0v) is 16.5. The molecule has 0 heterocycles. The van der Waals surface area contributed by atoms with Gasteiger partial charge in [0.25, 0.3) is 5.91 Å². The van der Waals surface area contributed by atoms with Crippen LogP contribution < -0.4 is 14.8 Å². The number of benzene rings is 2. The van der Waals surface area contributed by atoms with Crippen molar-refractivity contribution < 1.29 is 18.7 Å². The van der Waals surface area contributed by atoms with E-state index in [4.69, 9.17) is 9.47 Å². The molecule has 7 heteroatoms. The molecule has 0 aliphatic heterocycles. The molecule has 140 valence electrons. The Bertz CT molecular complexity index is 907. The highest BCUT2D eigenvalue weighted by Crippen LogP contribution is 2.35. The summed E-state index contributed by atoms with van der Waals surface area (Å²) >= 11 is 3.41. The van der Waals surface area contributed by atoms with Crippen molar-refractivity contribution >= 4 is 33.6 Å². The lowest BCUT2D eigenvalue weighted by molar-refractivity contribution is -0.112. The Morgan fingerprint density at radius 1 is 1.22 bits per heavy atom. The Hall–Kier alpha value is -2.85. The molecule has 1 N–H and O–H groups in total. The van der Waals surface area contributed by atoms with E-state index in [-0.39, 0.29) is 11.3 Å². The lowest BCUT2D eigenvalue weighted by Crippen LogP contribution is -2.14. The van der Waals surface area contributed by atoms with Crippen LogP contribution in [-0.4, -0.2) is 19.1 Å². The summed E-state index contributed by atoms with van der Waals surface area (Å²) in [4.78, 5) is 12.4. The van der Waals surface area contributed by atoms with E-state index in [2.05, 4.69) is 21.2 Å². The number of amides is 1. The minimum atomic E-state index is -0.707. The summed E-state index contributed by atoms with van der Waals surface area (Å²) in [5, 5.41) is 11.8. The number of ether oxygens (including phenoxy) is 2. The Balaban J connectivity index is 2.36. The molecule has 0 unspecified atom stereocenters. The van der Waals surface area contributed by atoms with Gasteiger partial charge in [0.1, 0.15) is 17.5 Å². The van der Waals surface area contributed by atoms with Crippen molar-refractivity contribution in [3.63, 3.8) is 0 Å². The third-order valence-corrected chi connectivity index (χ3v) is 4.14. The van der Waals surface area contributed by atoms with E-state index in [1.807, 2.05) is 19.9 Å². The number of halogens is 2. The van der Waals surface area contributed by atoms with Crippen molar-refractivity contribution in [2.24, 2.45) is 0 Å². The van der Waals surface area contributed by atoms with Gasteiger partial charge in [-0.3, -0.25) is 4.79 Å². The molecule has 1 amide bonds. The maximum absolute atomic E-state index is 13.7. The van der Waals surface area contributed by atoms with Crippen LogP contribution in [-0.2, 0) is 4.79 Å². The second-order valence-corrected chi connectivity index (χ2v) is 6.14. The Morgan fingerprint density at radius 3 is 2.44 bits per heavy atom. The minimum Gasteiger partial charge on any atom is -0.490 e. The second kappa shape index (κ2) is 9.74. The number of anilines is 1. The van der Waals surface area contributed by atoms with E-state index in [1.54, 1.807) is 18.2 Å². The Morgan fingerprint density at radius 2 is 1.85 bits per heavy atom. The van der Waals surface area contributed by atoms with Crippen LogP contribution in [0.25, 0.3) is 6.08 Å². The van der Waals surface area contributed by atoms with Crippen LogP contribution in [0.4, 0.5) is 10.1 Å². The van der Waals surface area contributed by atoms with E-state index >= 15 is 0 Å². The molecule has 0 atom stereocenters. The second-order valence-electron chi connectivity index (χ2n) is 5.29. The molecule has 5 nitrogen and oxygen atoms in total. The number of carbonyl (C=O) groups is 1. The summed E-state index contributed by atoms with van der Waals surface area (Å²) in [5.41, 5.74) is 0.386. The highest BCUT2D eigenvalue weighted by Gasteiger charge is 2.15. The number of nitriles is 1. The molecule has 0 aromatic heterocycles. The molecule has 0 aliphatic carbocycles. The van der Waals surface area contributed by atoms with Gasteiger partial charge in [0.2, 0.25) is 0 Å². The van der Waals surface area contributed by atoms with Gasteiger partial charge in [-0.15, -0.1) is 0 Å². The van der Waals surface area contributed by atoms with Gasteiger partial charge in [0, 0.05) is 4.47 Å². The summed E-state index contributed by atoms with van der Waals surface area (Å²) in [6, 6.07) is 11.0. The van der Waals surface area contributed by atoms with Crippen molar-refractivity contribution in [2.75, 3.05) is 18.5 Å².